The Hall–Kier alpha value is -2.06. The Balaban J connectivity index is 1.76. The van der Waals surface area contributed by atoms with E-state index in [1.807, 2.05) is 29.6 Å². The van der Waals surface area contributed by atoms with Crippen LogP contribution < -0.4 is 5.32 Å². The number of benzene rings is 1. The highest BCUT2D eigenvalue weighted by Crippen LogP contribution is 2.42. The fraction of sp³-hybridized carbons (Fsp3) is 0.348. The van der Waals surface area contributed by atoms with Crippen molar-refractivity contribution in [3.8, 4) is 0 Å². The minimum absolute atomic E-state index is 0.0251. The van der Waals surface area contributed by atoms with Crippen LogP contribution in [0.4, 0.5) is 9.39 Å². The molecule has 3 aromatic rings. The predicted octanol–water partition coefficient (Wildman–Crippen LogP) is 5.15. The molecule has 0 bridgehead atoms. The molecule has 0 radical (unpaired) electrons. The summed E-state index contributed by atoms with van der Waals surface area (Å²) in [6.45, 7) is 8.02. The summed E-state index contributed by atoms with van der Waals surface area (Å²) in [5.74, 6) is -0.316. The van der Waals surface area contributed by atoms with E-state index in [1.165, 1.54) is 33.9 Å². The Morgan fingerprint density at radius 1 is 1.10 bits per heavy atom. The van der Waals surface area contributed by atoms with Crippen molar-refractivity contribution in [1.29, 1.82) is 0 Å². The standard InChI is InChI=1S/C23H26FN3OS2/c1-15-16(2)30-23(25-22(28)19-5-4-14-29-19)20(15)21(17-6-8-18(24)9-7-17)27-12-10-26(3)11-13-27/h4-9,14,21H,10-13H2,1-3H3,(H,25,28)/t21-/m0/s1. The van der Waals surface area contributed by atoms with Crippen LogP contribution in [0.1, 0.15) is 37.3 Å². The summed E-state index contributed by atoms with van der Waals surface area (Å²) in [5.41, 5.74) is 3.36. The third-order valence-corrected chi connectivity index (χ3v) is 7.77. The number of carbonyl (C=O) groups excluding carboxylic acids is 1. The zero-order valence-corrected chi connectivity index (χ0v) is 19.1. The smallest absolute Gasteiger partial charge is 0.266 e. The number of likely N-dealkylation sites (N-methyl/N-ethyl adjacent to an activating group) is 1. The van der Waals surface area contributed by atoms with Gasteiger partial charge < -0.3 is 10.2 Å². The van der Waals surface area contributed by atoms with Crippen molar-refractivity contribution in [2.75, 3.05) is 38.5 Å². The molecule has 4 nitrogen and oxygen atoms in total. The van der Waals surface area contributed by atoms with E-state index < -0.39 is 0 Å². The lowest BCUT2D eigenvalue weighted by Gasteiger charge is -2.39. The zero-order valence-electron chi connectivity index (χ0n) is 17.4. The number of halogens is 1. The van der Waals surface area contributed by atoms with Crippen LogP contribution in [0.25, 0.3) is 0 Å². The van der Waals surface area contributed by atoms with E-state index in [0.29, 0.717) is 4.88 Å². The van der Waals surface area contributed by atoms with Gasteiger partial charge in [0.05, 0.1) is 10.9 Å². The number of hydrogen-bond donors (Lipinski definition) is 1. The summed E-state index contributed by atoms with van der Waals surface area (Å²) in [4.78, 5) is 19.5. The van der Waals surface area contributed by atoms with Gasteiger partial charge in [-0.1, -0.05) is 18.2 Å². The largest absolute Gasteiger partial charge is 0.313 e. The number of aryl methyl sites for hydroxylation is 1. The molecule has 2 aromatic heterocycles. The molecule has 1 N–H and O–H groups in total. The van der Waals surface area contributed by atoms with E-state index in [4.69, 9.17) is 0 Å². The highest BCUT2D eigenvalue weighted by atomic mass is 32.1. The molecule has 3 heterocycles. The summed E-state index contributed by atoms with van der Waals surface area (Å²) < 4.78 is 13.7. The van der Waals surface area contributed by atoms with Crippen LogP contribution in [0.3, 0.4) is 0 Å². The summed E-state index contributed by atoms with van der Waals surface area (Å²) in [6, 6.07) is 10.5. The Kier molecular flexibility index (Phi) is 6.34. The lowest BCUT2D eigenvalue weighted by Crippen LogP contribution is -2.46. The summed E-state index contributed by atoms with van der Waals surface area (Å²) >= 11 is 3.06. The molecule has 1 aliphatic heterocycles. The molecule has 1 atom stereocenters. The number of hydrogen-bond acceptors (Lipinski definition) is 5. The Bertz CT molecular complexity index is 1010. The number of thiophene rings is 2. The van der Waals surface area contributed by atoms with Gasteiger partial charge in [-0.15, -0.1) is 22.7 Å². The van der Waals surface area contributed by atoms with E-state index in [0.717, 1.165) is 42.3 Å². The maximum absolute atomic E-state index is 13.7. The van der Waals surface area contributed by atoms with Crippen LogP contribution in [0, 0.1) is 19.7 Å². The third kappa shape index (κ3) is 4.34. The van der Waals surface area contributed by atoms with Gasteiger partial charge in [-0.25, -0.2) is 4.39 Å². The van der Waals surface area contributed by atoms with Gasteiger partial charge in [0.15, 0.2) is 0 Å². The van der Waals surface area contributed by atoms with Crippen molar-refractivity contribution < 1.29 is 9.18 Å². The molecule has 0 saturated carbocycles. The second-order valence-electron chi connectivity index (χ2n) is 7.75. The normalized spacial score (nSPS) is 16.5. The number of rotatable bonds is 5. The van der Waals surface area contributed by atoms with Gasteiger partial charge in [-0.3, -0.25) is 9.69 Å². The van der Waals surface area contributed by atoms with E-state index in [2.05, 4.69) is 36.0 Å². The first-order chi connectivity index (χ1) is 14.4. The number of nitrogens with one attached hydrogen (secondary N) is 1. The van der Waals surface area contributed by atoms with Crippen LogP contribution >= 0.6 is 22.7 Å². The Morgan fingerprint density at radius 2 is 1.80 bits per heavy atom. The first-order valence-electron chi connectivity index (χ1n) is 10.1. The van der Waals surface area contributed by atoms with Gasteiger partial charge in [0.2, 0.25) is 0 Å². The molecule has 7 heteroatoms. The fourth-order valence-electron chi connectivity index (χ4n) is 3.92. The number of amides is 1. The third-order valence-electron chi connectivity index (χ3n) is 5.77. The van der Waals surface area contributed by atoms with E-state index >= 15 is 0 Å². The van der Waals surface area contributed by atoms with Crippen LogP contribution in [-0.2, 0) is 0 Å². The Morgan fingerprint density at radius 3 is 2.43 bits per heavy atom. The van der Waals surface area contributed by atoms with Gasteiger partial charge in [0, 0.05) is 36.6 Å². The maximum Gasteiger partial charge on any atom is 0.266 e. The monoisotopic (exact) mass is 443 g/mol. The summed E-state index contributed by atoms with van der Waals surface area (Å²) in [5, 5.41) is 5.96. The fourth-order valence-corrected chi connectivity index (χ4v) is 5.63. The molecule has 1 aliphatic rings. The highest BCUT2D eigenvalue weighted by Gasteiger charge is 2.31. The van der Waals surface area contributed by atoms with Gasteiger partial charge in [0.1, 0.15) is 10.8 Å². The van der Waals surface area contributed by atoms with Crippen molar-refractivity contribution >= 4 is 33.6 Å². The van der Waals surface area contributed by atoms with Crippen molar-refractivity contribution in [2.24, 2.45) is 0 Å². The number of piperazine rings is 1. The molecule has 1 aromatic carbocycles. The minimum Gasteiger partial charge on any atom is -0.313 e. The van der Waals surface area contributed by atoms with Gasteiger partial charge >= 0.3 is 0 Å². The van der Waals surface area contributed by atoms with E-state index in [1.54, 1.807) is 11.3 Å². The lowest BCUT2D eigenvalue weighted by atomic mass is 9.94. The molecule has 1 saturated heterocycles. The van der Waals surface area contributed by atoms with Crippen LogP contribution in [-0.4, -0.2) is 48.9 Å². The van der Waals surface area contributed by atoms with Crippen LogP contribution in [0.5, 0.6) is 0 Å². The average molecular weight is 444 g/mol. The second-order valence-corrected chi connectivity index (χ2v) is 9.92. The van der Waals surface area contributed by atoms with Crippen LogP contribution in [0.15, 0.2) is 41.8 Å². The highest BCUT2D eigenvalue weighted by molar-refractivity contribution is 7.17. The van der Waals surface area contributed by atoms with Gasteiger partial charge in [0.25, 0.3) is 5.91 Å². The molecule has 0 aliphatic carbocycles. The lowest BCUT2D eigenvalue weighted by molar-refractivity contribution is 0.103. The van der Waals surface area contributed by atoms with Crippen molar-refractivity contribution in [2.45, 2.75) is 19.9 Å². The molecule has 1 amide bonds. The van der Waals surface area contributed by atoms with Gasteiger partial charge in [-0.05, 0) is 55.6 Å². The van der Waals surface area contributed by atoms with E-state index in [9.17, 15) is 9.18 Å². The maximum atomic E-state index is 13.7. The van der Waals surface area contributed by atoms with Crippen molar-refractivity contribution in [1.82, 2.24) is 9.80 Å². The first kappa shape index (κ1) is 21.2. The topological polar surface area (TPSA) is 35.6 Å². The zero-order chi connectivity index (χ0) is 21.3. The summed E-state index contributed by atoms with van der Waals surface area (Å²) in [7, 11) is 2.14. The molecule has 0 unspecified atom stereocenters. The van der Waals surface area contributed by atoms with Crippen LogP contribution in [0.2, 0.25) is 0 Å². The molecule has 30 heavy (non-hydrogen) atoms. The molecule has 4 rings (SSSR count). The average Bonchev–Trinajstić information content (AvgIpc) is 3.36. The SMILES string of the molecule is Cc1sc(NC(=O)c2cccs2)c([C@H](c2ccc(F)cc2)N2CCN(C)CC2)c1C. The van der Waals surface area contributed by atoms with E-state index in [-0.39, 0.29) is 17.8 Å². The number of carbonyl (C=O) groups is 1. The second kappa shape index (κ2) is 8.98. The minimum atomic E-state index is -0.236. The van der Waals surface area contributed by atoms with Crippen molar-refractivity contribution in [3.63, 3.8) is 0 Å². The molecular formula is C23H26FN3OS2. The molecule has 158 valence electrons. The summed E-state index contributed by atoms with van der Waals surface area (Å²) in [6.07, 6.45) is 0. The number of nitrogens with zero attached hydrogens (tertiary/aromatic N) is 2. The molecule has 1 fully saturated rings. The quantitative estimate of drug-likeness (QED) is 0.592. The first-order valence-corrected chi connectivity index (χ1v) is 11.8. The Labute approximate surface area is 185 Å². The van der Waals surface area contributed by atoms with Gasteiger partial charge in [-0.2, -0.15) is 0 Å². The number of anilines is 1. The van der Waals surface area contributed by atoms with Crippen molar-refractivity contribution in [3.05, 3.63) is 74.0 Å². The predicted molar refractivity (Wildman–Crippen MR) is 123 cm³/mol. The molecular weight excluding hydrogens is 417 g/mol. The molecule has 0 spiro atoms.